The Bertz CT molecular complexity index is 658. The van der Waals surface area contributed by atoms with E-state index in [4.69, 9.17) is 0 Å². The highest BCUT2D eigenvalue weighted by Crippen LogP contribution is 2.27. The summed E-state index contributed by atoms with van der Waals surface area (Å²) in [6.45, 7) is 3.53. The third-order valence-corrected chi connectivity index (χ3v) is 4.40. The van der Waals surface area contributed by atoms with Crippen molar-refractivity contribution in [3.8, 4) is 5.69 Å². The van der Waals surface area contributed by atoms with Gasteiger partial charge in [0, 0.05) is 32.2 Å². The molecule has 1 saturated carbocycles. The van der Waals surface area contributed by atoms with Crippen LogP contribution >= 0.6 is 0 Å². The molecule has 114 valence electrons. The zero-order valence-corrected chi connectivity index (χ0v) is 12.3. The molecule has 2 heterocycles. The van der Waals surface area contributed by atoms with Gasteiger partial charge < -0.3 is 4.90 Å². The van der Waals surface area contributed by atoms with Crippen molar-refractivity contribution in [2.75, 3.05) is 26.2 Å². The molecule has 1 saturated heterocycles. The molecule has 1 amide bonds. The molecule has 0 atom stereocenters. The van der Waals surface area contributed by atoms with E-state index < -0.39 is 0 Å². The van der Waals surface area contributed by atoms with Crippen molar-refractivity contribution in [3.05, 3.63) is 36.2 Å². The third kappa shape index (κ3) is 2.48. The Labute approximate surface area is 128 Å². The van der Waals surface area contributed by atoms with E-state index in [9.17, 15) is 4.79 Å². The lowest BCUT2D eigenvalue weighted by molar-refractivity contribution is 0.0627. The molecular weight excluding hydrogens is 280 g/mol. The first-order valence-corrected chi connectivity index (χ1v) is 7.68. The summed E-state index contributed by atoms with van der Waals surface area (Å²) in [4.78, 5) is 17.3. The maximum Gasteiger partial charge on any atom is 0.256 e. The number of carbonyl (C=O) groups is 1. The molecule has 0 unspecified atom stereocenters. The van der Waals surface area contributed by atoms with Crippen LogP contribution in [0.15, 0.2) is 30.6 Å². The third-order valence-electron chi connectivity index (χ3n) is 4.40. The van der Waals surface area contributed by atoms with E-state index in [0.29, 0.717) is 5.56 Å². The van der Waals surface area contributed by atoms with Gasteiger partial charge in [-0.3, -0.25) is 9.69 Å². The fourth-order valence-corrected chi connectivity index (χ4v) is 3.03. The summed E-state index contributed by atoms with van der Waals surface area (Å²) in [6, 6.07) is 8.24. The summed E-state index contributed by atoms with van der Waals surface area (Å²) in [6.07, 6.45) is 4.14. The van der Waals surface area contributed by atoms with Gasteiger partial charge in [0.1, 0.15) is 6.33 Å². The zero-order valence-electron chi connectivity index (χ0n) is 12.3. The van der Waals surface area contributed by atoms with E-state index in [2.05, 4.69) is 20.4 Å². The molecule has 2 fully saturated rings. The van der Waals surface area contributed by atoms with Crippen LogP contribution in [0.25, 0.3) is 5.69 Å². The monoisotopic (exact) mass is 298 g/mol. The molecule has 0 radical (unpaired) electrons. The molecule has 1 aromatic heterocycles. The Morgan fingerprint density at radius 2 is 1.86 bits per heavy atom. The summed E-state index contributed by atoms with van der Waals surface area (Å²) in [5.74, 6) is 0.0570. The second-order valence-corrected chi connectivity index (χ2v) is 5.83. The first-order chi connectivity index (χ1) is 10.8. The minimum absolute atomic E-state index is 0.0570. The van der Waals surface area contributed by atoms with Crippen LogP contribution in [0.1, 0.15) is 23.2 Å². The van der Waals surface area contributed by atoms with Crippen molar-refractivity contribution in [1.82, 2.24) is 30.0 Å². The highest BCUT2D eigenvalue weighted by molar-refractivity contribution is 5.97. The van der Waals surface area contributed by atoms with Crippen LogP contribution in [0.3, 0.4) is 0 Å². The summed E-state index contributed by atoms with van der Waals surface area (Å²) < 4.78 is 1.54. The van der Waals surface area contributed by atoms with Gasteiger partial charge >= 0.3 is 0 Å². The van der Waals surface area contributed by atoms with Crippen LogP contribution in [-0.2, 0) is 0 Å². The van der Waals surface area contributed by atoms with E-state index in [-0.39, 0.29) is 5.91 Å². The van der Waals surface area contributed by atoms with Gasteiger partial charge in [0.25, 0.3) is 5.91 Å². The van der Waals surface area contributed by atoms with Gasteiger partial charge in [-0.15, -0.1) is 5.10 Å². The molecule has 7 heteroatoms. The lowest BCUT2D eigenvalue weighted by Crippen LogP contribution is -2.49. The number of hydrogen-bond acceptors (Lipinski definition) is 5. The molecule has 0 N–H and O–H groups in total. The zero-order chi connectivity index (χ0) is 14.9. The Kier molecular flexibility index (Phi) is 3.34. The summed E-state index contributed by atoms with van der Waals surface area (Å²) >= 11 is 0. The number of rotatable bonds is 3. The highest BCUT2D eigenvalue weighted by Gasteiger charge is 2.32. The lowest BCUT2D eigenvalue weighted by Gasteiger charge is -2.35. The minimum Gasteiger partial charge on any atom is -0.336 e. The first kappa shape index (κ1) is 13.4. The Hall–Kier alpha value is -2.28. The van der Waals surface area contributed by atoms with Crippen molar-refractivity contribution in [3.63, 3.8) is 0 Å². The number of piperazine rings is 1. The second-order valence-electron chi connectivity index (χ2n) is 5.83. The predicted octanol–water partition coefficient (Wildman–Crippen LogP) is 0.582. The number of hydrogen-bond donors (Lipinski definition) is 0. The summed E-state index contributed by atoms with van der Waals surface area (Å²) in [5.41, 5.74) is 1.37. The minimum atomic E-state index is 0.0570. The van der Waals surface area contributed by atoms with Crippen LogP contribution < -0.4 is 0 Å². The van der Waals surface area contributed by atoms with Gasteiger partial charge in [-0.1, -0.05) is 12.1 Å². The van der Waals surface area contributed by atoms with E-state index >= 15 is 0 Å². The fourth-order valence-electron chi connectivity index (χ4n) is 3.03. The maximum atomic E-state index is 12.8. The Morgan fingerprint density at radius 3 is 2.55 bits per heavy atom. The van der Waals surface area contributed by atoms with Crippen molar-refractivity contribution in [1.29, 1.82) is 0 Å². The van der Waals surface area contributed by atoms with Gasteiger partial charge in [-0.2, -0.15) is 4.68 Å². The molecule has 2 aliphatic rings. The molecule has 1 aromatic carbocycles. The van der Waals surface area contributed by atoms with Crippen molar-refractivity contribution in [2.45, 2.75) is 18.9 Å². The van der Waals surface area contributed by atoms with E-state index in [1.54, 1.807) is 0 Å². The number of tetrazole rings is 1. The van der Waals surface area contributed by atoms with Crippen LogP contribution in [0.2, 0.25) is 0 Å². The van der Waals surface area contributed by atoms with E-state index in [0.717, 1.165) is 37.9 Å². The van der Waals surface area contributed by atoms with Gasteiger partial charge in [0.15, 0.2) is 0 Å². The predicted molar refractivity (Wildman–Crippen MR) is 79.7 cm³/mol. The topological polar surface area (TPSA) is 67.2 Å². The normalized spacial score (nSPS) is 19.4. The van der Waals surface area contributed by atoms with Crippen LogP contribution in [0.5, 0.6) is 0 Å². The molecule has 1 aliphatic carbocycles. The molecule has 1 aliphatic heterocycles. The average molecular weight is 298 g/mol. The molecule has 22 heavy (non-hydrogen) atoms. The number of nitrogens with zero attached hydrogens (tertiary/aromatic N) is 6. The highest BCUT2D eigenvalue weighted by atomic mass is 16.2. The van der Waals surface area contributed by atoms with Gasteiger partial charge in [-0.25, -0.2) is 0 Å². The van der Waals surface area contributed by atoms with Gasteiger partial charge in [-0.05, 0) is 35.4 Å². The van der Waals surface area contributed by atoms with Crippen LogP contribution in [-0.4, -0.2) is 68.1 Å². The molecule has 0 spiro atoms. The van der Waals surface area contributed by atoms with Crippen molar-refractivity contribution < 1.29 is 4.79 Å². The smallest absolute Gasteiger partial charge is 0.256 e. The van der Waals surface area contributed by atoms with Crippen molar-refractivity contribution >= 4 is 5.91 Å². The molecular formula is C15H18N6O. The van der Waals surface area contributed by atoms with Crippen molar-refractivity contribution in [2.24, 2.45) is 0 Å². The Balaban J connectivity index is 1.53. The van der Waals surface area contributed by atoms with Crippen LogP contribution in [0, 0.1) is 0 Å². The first-order valence-electron chi connectivity index (χ1n) is 7.68. The van der Waals surface area contributed by atoms with Gasteiger partial charge in [0.05, 0.1) is 11.3 Å². The summed E-state index contributed by atoms with van der Waals surface area (Å²) in [5, 5.41) is 11.2. The second kappa shape index (κ2) is 5.49. The molecule has 2 aromatic rings. The largest absolute Gasteiger partial charge is 0.336 e. The fraction of sp³-hybridized carbons (Fsp3) is 0.467. The number of amides is 1. The molecule has 4 rings (SSSR count). The quantitative estimate of drug-likeness (QED) is 0.829. The summed E-state index contributed by atoms with van der Waals surface area (Å²) in [7, 11) is 0. The SMILES string of the molecule is O=C(c1ccccc1-n1cnnn1)N1CCN(C2CC2)CC1. The standard InChI is InChI=1S/C15H18N6O/c22-15(20-9-7-19(8-10-20)12-5-6-12)13-3-1-2-4-14(13)21-11-16-17-18-21/h1-4,11-12H,5-10H2. The van der Waals surface area contributed by atoms with E-state index in [1.807, 2.05) is 29.2 Å². The number of carbonyl (C=O) groups excluding carboxylic acids is 1. The molecule has 7 nitrogen and oxygen atoms in total. The maximum absolute atomic E-state index is 12.8. The number of para-hydroxylation sites is 1. The van der Waals surface area contributed by atoms with E-state index in [1.165, 1.54) is 23.9 Å². The van der Waals surface area contributed by atoms with Gasteiger partial charge in [0.2, 0.25) is 0 Å². The number of benzene rings is 1. The Morgan fingerprint density at radius 1 is 1.09 bits per heavy atom. The number of aromatic nitrogens is 4. The lowest BCUT2D eigenvalue weighted by atomic mass is 10.1. The molecule has 0 bridgehead atoms. The van der Waals surface area contributed by atoms with Crippen LogP contribution in [0.4, 0.5) is 0 Å². The average Bonchev–Trinajstić information content (AvgIpc) is 3.29.